The molecule has 3 aliphatic rings. The van der Waals surface area contributed by atoms with Gasteiger partial charge in [0.1, 0.15) is 18.1 Å². The van der Waals surface area contributed by atoms with Gasteiger partial charge in [0.2, 0.25) is 0 Å². The molecule has 1 aromatic carbocycles. The van der Waals surface area contributed by atoms with Gasteiger partial charge in [0.25, 0.3) is 17.0 Å². The molecular formula is C28H24FN5O5. The van der Waals surface area contributed by atoms with Gasteiger partial charge in [0, 0.05) is 23.1 Å². The summed E-state index contributed by atoms with van der Waals surface area (Å²) in [6, 6.07) is 3.97. The average Bonchev–Trinajstić information content (AvgIpc) is 3.51. The highest BCUT2D eigenvalue weighted by Gasteiger charge is 2.37. The van der Waals surface area contributed by atoms with E-state index in [1.807, 2.05) is 13.0 Å². The minimum absolute atomic E-state index is 0.0789. The summed E-state index contributed by atoms with van der Waals surface area (Å²) in [6.07, 6.45) is 1.52. The molecule has 39 heavy (non-hydrogen) atoms. The van der Waals surface area contributed by atoms with Crippen LogP contribution in [0.5, 0.6) is 0 Å². The third kappa shape index (κ3) is 3.28. The topological polar surface area (TPSA) is 139 Å². The van der Waals surface area contributed by atoms with Gasteiger partial charge in [0.15, 0.2) is 0 Å². The van der Waals surface area contributed by atoms with Crippen molar-refractivity contribution in [2.75, 3.05) is 0 Å². The number of pyridine rings is 2. The molecule has 0 radical (unpaired) electrons. The molecule has 3 aromatic heterocycles. The fraction of sp³-hybridized carbons (Fsp3) is 0.321. The maximum absolute atomic E-state index is 15.0. The van der Waals surface area contributed by atoms with Crippen molar-refractivity contribution in [2.45, 2.75) is 58.2 Å². The first-order valence-corrected chi connectivity index (χ1v) is 12.9. The van der Waals surface area contributed by atoms with Gasteiger partial charge >= 0.3 is 5.97 Å². The third-order valence-electron chi connectivity index (χ3n) is 8.34. The van der Waals surface area contributed by atoms with Crippen LogP contribution in [0.3, 0.4) is 0 Å². The lowest BCUT2D eigenvalue weighted by Crippen LogP contribution is -2.33. The quantitative estimate of drug-likeness (QED) is 0.307. The zero-order valence-corrected chi connectivity index (χ0v) is 21.2. The molecular weight excluding hydrogens is 505 g/mol. The molecule has 1 amide bonds. The van der Waals surface area contributed by atoms with Crippen LogP contribution in [0.1, 0.15) is 75.6 Å². The minimum Gasteiger partial charge on any atom is -0.460 e. The summed E-state index contributed by atoms with van der Waals surface area (Å²) in [5.41, 5.74) is 5.04. The summed E-state index contributed by atoms with van der Waals surface area (Å²) >= 11 is 0. The number of nitrogens with zero attached hydrogens (tertiary/aromatic N) is 2. The number of aryl methyl sites for hydroxylation is 1. The second-order valence-corrected chi connectivity index (χ2v) is 10.4. The van der Waals surface area contributed by atoms with E-state index in [2.05, 4.69) is 15.5 Å². The smallest absolute Gasteiger partial charge is 0.313 e. The van der Waals surface area contributed by atoms with Crippen molar-refractivity contribution in [1.29, 1.82) is 0 Å². The van der Waals surface area contributed by atoms with Crippen molar-refractivity contribution in [1.82, 2.24) is 25.1 Å². The molecule has 4 aromatic rings. The largest absolute Gasteiger partial charge is 0.460 e. The van der Waals surface area contributed by atoms with Gasteiger partial charge < -0.3 is 14.6 Å². The molecule has 3 N–H and O–H groups in total. The molecule has 5 heterocycles. The molecule has 0 bridgehead atoms. The lowest BCUT2D eigenvalue weighted by atomic mass is 9.81. The molecule has 1 aliphatic carbocycles. The Labute approximate surface area is 220 Å². The zero-order chi connectivity index (χ0) is 27.2. The van der Waals surface area contributed by atoms with Gasteiger partial charge in [0.05, 0.1) is 41.0 Å². The first-order chi connectivity index (χ1) is 18.8. The predicted molar refractivity (Wildman–Crippen MR) is 138 cm³/mol. The van der Waals surface area contributed by atoms with Gasteiger partial charge in [-0.25, -0.2) is 9.37 Å². The molecule has 0 saturated heterocycles. The number of hydrogen-bond acceptors (Lipinski definition) is 6. The van der Waals surface area contributed by atoms with E-state index in [4.69, 9.17) is 9.72 Å². The van der Waals surface area contributed by atoms with Crippen LogP contribution in [0.15, 0.2) is 27.8 Å². The highest BCUT2D eigenvalue weighted by molar-refractivity contribution is 5.96. The van der Waals surface area contributed by atoms with E-state index in [0.29, 0.717) is 52.9 Å². The number of rotatable bonds is 3. The minimum atomic E-state index is -0.544. The number of aromatic nitrogens is 4. The Hall–Kier alpha value is -4.54. The Bertz CT molecular complexity index is 1880. The first kappa shape index (κ1) is 23.6. The highest BCUT2D eigenvalue weighted by atomic mass is 19.1. The number of cyclic esters (lactones) is 1. The molecule has 0 spiro atoms. The van der Waals surface area contributed by atoms with Crippen molar-refractivity contribution < 1.29 is 18.7 Å². The van der Waals surface area contributed by atoms with Gasteiger partial charge in [-0.15, -0.1) is 0 Å². The molecule has 2 atom stereocenters. The summed E-state index contributed by atoms with van der Waals surface area (Å²) in [6.45, 7) is 3.75. The van der Waals surface area contributed by atoms with Crippen molar-refractivity contribution in [3.8, 4) is 11.4 Å². The van der Waals surface area contributed by atoms with E-state index in [1.165, 1.54) is 12.1 Å². The summed E-state index contributed by atoms with van der Waals surface area (Å²) < 4.78 is 21.9. The number of ether oxygens (including phenoxy) is 1. The maximum Gasteiger partial charge on any atom is 0.313 e. The number of hydrogen-bond donors (Lipinski definition) is 3. The van der Waals surface area contributed by atoms with Gasteiger partial charge in [-0.3, -0.25) is 29.4 Å². The van der Waals surface area contributed by atoms with Crippen LogP contribution in [-0.4, -0.2) is 31.6 Å². The van der Waals surface area contributed by atoms with Gasteiger partial charge in [-0.1, -0.05) is 6.92 Å². The fourth-order valence-electron chi connectivity index (χ4n) is 6.41. The van der Waals surface area contributed by atoms with E-state index < -0.39 is 23.4 Å². The van der Waals surface area contributed by atoms with E-state index in [9.17, 15) is 19.2 Å². The number of esters is 1. The van der Waals surface area contributed by atoms with Crippen LogP contribution in [0.25, 0.3) is 22.3 Å². The predicted octanol–water partition coefficient (Wildman–Crippen LogP) is 2.86. The molecule has 11 heteroatoms. The number of nitrogens with one attached hydrogen (secondary N) is 3. The lowest BCUT2D eigenvalue weighted by molar-refractivity contribution is -0.148. The van der Waals surface area contributed by atoms with Crippen LogP contribution >= 0.6 is 0 Å². The number of carbonyl (C=O) groups excluding carboxylic acids is 2. The number of fused-ring (bicyclic) bond motifs is 5. The van der Waals surface area contributed by atoms with Crippen molar-refractivity contribution in [3.63, 3.8) is 0 Å². The van der Waals surface area contributed by atoms with E-state index in [-0.39, 0.29) is 36.2 Å². The summed E-state index contributed by atoms with van der Waals surface area (Å²) in [5.74, 6) is -1.72. The summed E-state index contributed by atoms with van der Waals surface area (Å²) in [4.78, 5) is 55.6. The van der Waals surface area contributed by atoms with Crippen LogP contribution in [0.2, 0.25) is 0 Å². The van der Waals surface area contributed by atoms with E-state index in [1.54, 1.807) is 11.5 Å². The molecule has 0 saturated carbocycles. The second-order valence-electron chi connectivity index (χ2n) is 10.4. The van der Waals surface area contributed by atoms with Crippen LogP contribution < -0.4 is 16.4 Å². The lowest BCUT2D eigenvalue weighted by Gasteiger charge is -2.29. The molecule has 2 unspecified atom stereocenters. The van der Waals surface area contributed by atoms with Gasteiger partial charge in [-0.2, -0.15) is 0 Å². The fourth-order valence-corrected chi connectivity index (χ4v) is 6.41. The Morgan fingerprint density at radius 2 is 2.00 bits per heavy atom. The van der Waals surface area contributed by atoms with Crippen molar-refractivity contribution in [3.05, 3.63) is 83.8 Å². The monoisotopic (exact) mass is 529 g/mol. The number of benzene rings is 1. The summed E-state index contributed by atoms with van der Waals surface area (Å²) in [5, 5.41) is 8.75. The number of halogens is 1. The molecule has 7 rings (SSSR count). The normalized spacial score (nSPS) is 18.9. The standard InChI is InChI=1S/C28H24FN5O5/c1-3-12-14-6-21-25-15(9-34(21)27(37)16(14)10-39-28(12)38)24-18(31-26(36)20-8-22(35)33-32-20)5-4-13-11(2)17(29)7-19(30-25)23(13)24/h6-8,12,18H,3-5,9-10H2,1-2H3,(H,31,36)(H2,32,33,35). The van der Waals surface area contributed by atoms with Crippen LogP contribution in [0, 0.1) is 12.7 Å². The first-order valence-electron chi connectivity index (χ1n) is 12.9. The Morgan fingerprint density at radius 3 is 2.74 bits per heavy atom. The molecule has 2 aliphatic heterocycles. The van der Waals surface area contributed by atoms with E-state index in [0.717, 1.165) is 22.1 Å². The number of amides is 1. The Balaban J connectivity index is 1.46. The van der Waals surface area contributed by atoms with Crippen molar-refractivity contribution >= 4 is 22.8 Å². The molecule has 198 valence electrons. The van der Waals surface area contributed by atoms with Gasteiger partial charge in [-0.05, 0) is 54.5 Å². The Kier molecular flexibility index (Phi) is 4.97. The summed E-state index contributed by atoms with van der Waals surface area (Å²) in [7, 11) is 0. The third-order valence-corrected chi connectivity index (χ3v) is 8.34. The van der Waals surface area contributed by atoms with Crippen LogP contribution in [-0.2, 0) is 29.1 Å². The number of aromatic amines is 2. The molecule has 10 nitrogen and oxygen atoms in total. The SMILES string of the molecule is CCC1C(=O)OCc2c1cc1n(c2=O)Cc2c-1nc1cc(F)c(C)c3c1c2C(NC(=O)c1cc(=O)[nH][nH]1)CC3. The Morgan fingerprint density at radius 1 is 1.18 bits per heavy atom. The average molecular weight is 530 g/mol. The second kappa shape index (κ2) is 8.23. The number of carbonyl (C=O) groups is 2. The number of H-pyrrole nitrogens is 2. The zero-order valence-electron chi connectivity index (χ0n) is 21.2. The maximum atomic E-state index is 15.0. The molecule has 0 fully saturated rings. The van der Waals surface area contributed by atoms with Crippen LogP contribution in [0.4, 0.5) is 4.39 Å². The van der Waals surface area contributed by atoms with Crippen molar-refractivity contribution in [2.24, 2.45) is 0 Å². The highest BCUT2D eigenvalue weighted by Crippen LogP contribution is 2.45. The van der Waals surface area contributed by atoms with E-state index >= 15 is 4.39 Å².